The molecule has 0 saturated carbocycles. The minimum Gasteiger partial charge on any atom is -0.484 e. The number of hydrogen-bond acceptors (Lipinski definition) is 5. The lowest BCUT2D eigenvalue weighted by atomic mass is 9.96. The lowest BCUT2D eigenvalue weighted by Crippen LogP contribution is -2.38. The highest BCUT2D eigenvalue weighted by Crippen LogP contribution is 2.24. The highest BCUT2D eigenvalue weighted by Gasteiger charge is 2.23. The van der Waals surface area contributed by atoms with Gasteiger partial charge in [-0.2, -0.15) is 0 Å². The maximum Gasteiger partial charge on any atom is 0.262 e. The fourth-order valence-corrected chi connectivity index (χ4v) is 3.33. The monoisotopic (exact) mass is 395 g/mol. The molecule has 2 aromatic rings. The SMILES string of the molecule is CC(=O)c1cccc(OCC(=O)Nc2ccc(N3CCC(C(N)=O)CC3)cc2)c1. The van der Waals surface area contributed by atoms with Gasteiger partial charge in [0.1, 0.15) is 5.75 Å². The van der Waals surface area contributed by atoms with E-state index in [0.29, 0.717) is 17.0 Å². The van der Waals surface area contributed by atoms with Gasteiger partial charge in [0, 0.05) is 35.9 Å². The number of benzene rings is 2. The first-order valence-electron chi connectivity index (χ1n) is 9.60. The van der Waals surface area contributed by atoms with E-state index >= 15 is 0 Å². The minimum absolute atomic E-state index is 0.0408. The van der Waals surface area contributed by atoms with Crippen LogP contribution in [0.5, 0.6) is 5.75 Å². The van der Waals surface area contributed by atoms with Crippen LogP contribution < -0.4 is 20.7 Å². The van der Waals surface area contributed by atoms with E-state index in [-0.39, 0.29) is 30.1 Å². The van der Waals surface area contributed by atoms with Gasteiger partial charge in [-0.1, -0.05) is 12.1 Å². The molecule has 1 heterocycles. The smallest absolute Gasteiger partial charge is 0.262 e. The van der Waals surface area contributed by atoms with E-state index in [2.05, 4.69) is 10.2 Å². The van der Waals surface area contributed by atoms with Crippen molar-refractivity contribution in [1.82, 2.24) is 0 Å². The molecule has 1 fully saturated rings. The summed E-state index contributed by atoms with van der Waals surface area (Å²) >= 11 is 0. The van der Waals surface area contributed by atoms with Crippen LogP contribution in [0.3, 0.4) is 0 Å². The van der Waals surface area contributed by atoms with Crippen molar-refractivity contribution in [2.75, 3.05) is 29.9 Å². The number of nitrogens with two attached hydrogens (primary N) is 1. The van der Waals surface area contributed by atoms with Crippen LogP contribution in [-0.2, 0) is 9.59 Å². The van der Waals surface area contributed by atoms with Gasteiger partial charge < -0.3 is 20.7 Å². The lowest BCUT2D eigenvalue weighted by molar-refractivity contribution is -0.122. The summed E-state index contributed by atoms with van der Waals surface area (Å²) in [6.45, 7) is 2.90. The maximum atomic E-state index is 12.1. The Hall–Kier alpha value is -3.35. The molecule has 1 aliphatic rings. The summed E-state index contributed by atoms with van der Waals surface area (Å²) in [5.41, 5.74) is 7.63. The maximum absolute atomic E-state index is 12.1. The second-order valence-corrected chi connectivity index (χ2v) is 7.13. The molecule has 0 radical (unpaired) electrons. The van der Waals surface area contributed by atoms with Gasteiger partial charge >= 0.3 is 0 Å². The fraction of sp³-hybridized carbons (Fsp3) is 0.318. The molecular formula is C22H25N3O4. The molecule has 0 spiro atoms. The van der Waals surface area contributed by atoms with Crippen LogP contribution in [0.1, 0.15) is 30.1 Å². The number of ether oxygens (including phenoxy) is 1. The van der Waals surface area contributed by atoms with Gasteiger partial charge in [-0.05, 0) is 56.2 Å². The second kappa shape index (κ2) is 9.23. The average molecular weight is 395 g/mol. The van der Waals surface area contributed by atoms with Gasteiger partial charge in [-0.15, -0.1) is 0 Å². The van der Waals surface area contributed by atoms with Crippen molar-refractivity contribution >= 4 is 29.0 Å². The summed E-state index contributed by atoms with van der Waals surface area (Å²) in [4.78, 5) is 37.0. The third-order valence-electron chi connectivity index (χ3n) is 5.02. The Morgan fingerprint density at radius 3 is 2.41 bits per heavy atom. The molecule has 2 aromatic carbocycles. The van der Waals surface area contributed by atoms with Gasteiger partial charge in [0.05, 0.1) is 0 Å². The van der Waals surface area contributed by atoms with Crippen molar-refractivity contribution in [3.63, 3.8) is 0 Å². The highest BCUT2D eigenvalue weighted by atomic mass is 16.5. The summed E-state index contributed by atoms with van der Waals surface area (Å²) in [6, 6.07) is 14.3. The average Bonchev–Trinajstić information content (AvgIpc) is 2.73. The molecule has 3 N–H and O–H groups in total. The Bertz CT molecular complexity index is 887. The van der Waals surface area contributed by atoms with Gasteiger partial charge in [-0.3, -0.25) is 14.4 Å². The number of nitrogens with one attached hydrogen (secondary N) is 1. The normalized spacial score (nSPS) is 14.3. The van der Waals surface area contributed by atoms with E-state index in [1.165, 1.54) is 6.92 Å². The van der Waals surface area contributed by atoms with Crippen molar-refractivity contribution in [3.8, 4) is 5.75 Å². The van der Waals surface area contributed by atoms with Crippen molar-refractivity contribution in [2.45, 2.75) is 19.8 Å². The molecule has 0 unspecified atom stereocenters. The zero-order valence-electron chi connectivity index (χ0n) is 16.4. The van der Waals surface area contributed by atoms with Crippen molar-refractivity contribution < 1.29 is 19.1 Å². The first-order chi connectivity index (χ1) is 13.9. The number of ketones is 1. The first kappa shape index (κ1) is 20.4. The van der Waals surface area contributed by atoms with E-state index in [1.54, 1.807) is 24.3 Å². The fourth-order valence-electron chi connectivity index (χ4n) is 3.33. The number of amides is 2. The molecule has 0 bridgehead atoms. The zero-order chi connectivity index (χ0) is 20.8. The predicted molar refractivity (Wildman–Crippen MR) is 111 cm³/mol. The Morgan fingerprint density at radius 1 is 1.10 bits per heavy atom. The molecule has 7 heteroatoms. The summed E-state index contributed by atoms with van der Waals surface area (Å²) in [5, 5.41) is 2.79. The van der Waals surface area contributed by atoms with Crippen molar-refractivity contribution in [1.29, 1.82) is 0 Å². The van der Waals surface area contributed by atoms with Crippen LogP contribution in [-0.4, -0.2) is 37.3 Å². The van der Waals surface area contributed by atoms with Crippen LogP contribution in [0.2, 0.25) is 0 Å². The molecule has 0 aromatic heterocycles. The summed E-state index contributed by atoms with van der Waals surface area (Å²) in [5.74, 6) is -0.131. The quantitative estimate of drug-likeness (QED) is 0.702. The number of carbonyl (C=O) groups is 3. The van der Waals surface area contributed by atoms with Crippen LogP contribution in [0.15, 0.2) is 48.5 Å². The first-order valence-corrected chi connectivity index (χ1v) is 9.60. The Morgan fingerprint density at radius 2 is 1.79 bits per heavy atom. The number of primary amides is 1. The van der Waals surface area contributed by atoms with Crippen LogP contribution in [0.4, 0.5) is 11.4 Å². The molecule has 29 heavy (non-hydrogen) atoms. The zero-order valence-corrected chi connectivity index (χ0v) is 16.4. The van der Waals surface area contributed by atoms with Gasteiger partial charge in [0.15, 0.2) is 12.4 Å². The van der Waals surface area contributed by atoms with Gasteiger partial charge in [0.25, 0.3) is 5.91 Å². The lowest BCUT2D eigenvalue weighted by Gasteiger charge is -2.32. The summed E-state index contributed by atoms with van der Waals surface area (Å²) in [6.07, 6.45) is 1.52. The standard InChI is InChI=1S/C22H25N3O4/c1-15(26)17-3-2-4-20(13-17)29-14-21(27)24-18-5-7-19(8-6-18)25-11-9-16(10-12-25)22(23)28/h2-8,13,16H,9-12,14H2,1H3,(H2,23,28)(H,24,27). The van der Waals surface area contributed by atoms with E-state index < -0.39 is 0 Å². The van der Waals surface area contributed by atoms with Crippen LogP contribution >= 0.6 is 0 Å². The third kappa shape index (κ3) is 5.57. The van der Waals surface area contributed by atoms with E-state index in [9.17, 15) is 14.4 Å². The molecule has 0 atom stereocenters. The number of carbonyl (C=O) groups excluding carboxylic acids is 3. The van der Waals surface area contributed by atoms with Crippen molar-refractivity contribution in [3.05, 3.63) is 54.1 Å². The van der Waals surface area contributed by atoms with E-state index in [0.717, 1.165) is 31.6 Å². The predicted octanol–water partition coefficient (Wildman–Crippen LogP) is 2.61. The minimum atomic E-state index is -0.284. The van der Waals surface area contributed by atoms with Gasteiger partial charge in [0.2, 0.25) is 5.91 Å². The second-order valence-electron chi connectivity index (χ2n) is 7.13. The summed E-state index contributed by atoms with van der Waals surface area (Å²) in [7, 11) is 0. The largest absolute Gasteiger partial charge is 0.484 e. The van der Waals surface area contributed by atoms with Crippen LogP contribution in [0, 0.1) is 5.92 Å². The summed E-state index contributed by atoms with van der Waals surface area (Å²) < 4.78 is 5.47. The number of rotatable bonds is 7. The molecular weight excluding hydrogens is 370 g/mol. The molecule has 3 rings (SSSR count). The number of Topliss-reactive ketones (excluding diaryl/α,β-unsaturated/α-hetero) is 1. The molecule has 1 saturated heterocycles. The Balaban J connectivity index is 1.49. The molecule has 2 amide bonds. The Kier molecular flexibility index (Phi) is 6.49. The van der Waals surface area contributed by atoms with Crippen LogP contribution in [0.25, 0.3) is 0 Å². The molecule has 152 valence electrons. The number of hydrogen-bond donors (Lipinski definition) is 2. The van der Waals surface area contributed by atoms with E-state index in [4.69, 9.17) is 10.5 Å². The topological polar surface area (TPSA) is 102 Å². The molecule has 0 aliphatic carbocycles. The Labute approximate surface area is 169 Å². The van der Waals surface area contributed by atoms with Crippen molar-refractivity contribution in [2.24, 2.45) is 11.7 Å². The number of anilines is 2. The number of piperidine rings is 1. The van der Waals surface area contributed by atoms with E-state index in [1.807, 2.05) is 24.3 Å². The molecule has 7 nitrogen and oxygen atoms in total. The molecule has 1 aliphatic heterocycles. The van der Waals surface area contributed by atoms with Gasteiger partial charge in [-0.25, -0.2) is 0 Å². The highest BCUT2D eigenvalue weighted by molar-refractivity contribution is 5.94. The number of nitrogens with zero attached hydrogens (tertiary/aromatic N) is 1. The third-order valence-corrected chi connectivity index (χ3v) is 5.02.